The highest BCUT2D eigenvalue weighted by molar-refractivity contribution is 5.81. The van der Waals surface area contributed by atoms with E-state index in [2.05, 4.69) is 27.2 Å². The van der Waals surface area contributed by atoms with Gasteiger partial charge < -0.3 is 10.2 Å². The molecule has 2 aliphatic heterocycles. The number of nitrogens with one attached hydrogen (secondary N) is 1. The number of hydrogen-bond donors (Lipinski definition) is 1. The topological polar surface area (TPSA) is 30.9 Å². The summed E-state index contributed by atoms with van der Waals surface area (Å²) < 4.78 is 0. The van der Waals surface area contributed by atoms with Crippen molar-refractivity contribution in [3.05, 3.63) is 0 Å². The molecule has 0 aromatic carbocycles. The summed E-state index contributed by atoms with van der Waals surface area (Å²) in [6.45, 7) is 5.73. The lowest BCUT2D eigenvalue weighted by Crippen LogP contribution is -2.58. The third-order valence-corrected chi connectivity index (χ3v) is 5.45. The van der Waals surface area contributed by atoms with Crippen molar-refractivity contribution in [2.75, 3.05) is 39.8 Å². The average molecular weight is 278 g/mol. The van der Waals surface area contributed by atoms with Crippen LogP contribution in [-0.2, 0) is 0 Å². The van der Waals surface area contributed by atoms with E-state index in [4.69, 9.17) is 0 Å². The van der Waals surface area contributed by atoms with Crippen molar-refractivity contribution < 1.29 is 0 Å². The molecule has 0 atom stereocenters. The number of aliphatic imine (C=N–C) groups is 1. The lowest BCUT2D eigenvalue weighted by atomic mass is 9.79. The number of piperidine rings is 1. The summed E-state index contributed by atoms with van der Waals surface area (Å²) in [6, 6.07) is 0. The second-order valence-corrected chi connectivity index (χ2v) is 6.81. The Morgan fingerprint density at radius 2 is 1.70 bits per heavy atom. The van der Waals surface area contributed by atoms with Crippen molar-refractivity contribution in [1.29, 1.82) is 0 Å². The summed E-state index contributed by atoms with van der Waals surface area (Å²) in [5.74, 6) is 1.12. The lowest BCUT2D eigenvalue weighted by Gasteiger charge is -2.48. The molecule has 4 nitrogen and oxygen atoms in total. The Morgan fingerprint density at radius 1 is 1.00 bits per heavy atom. The smallest absolute Gasteiger partial charge is 0.193 e. The molecule has 1 saturated carbocycles. The maximum absolute atomic E-state index is 4.59. The minimum Gasteiger partial charge on any atom is -0.354 e. The van der Waals surface area contributed by atoms with E-state index in [1.165, 1.54) is 64.5 Å². The summed E-state index contributed by atoms with van der Waals surface area (Å²) in [4.78, 5) is 9.65. The van der Waals surface area contributed by atoms with Crippen molar-refractivity contribution in [3.8, 4) is 0 Å². The van der Waals surface area contributed by atoms with E-state index in [1.54, 1.807) is 0 Å². The summed E-state index contributed by atoms with van der Waals surface area (Å²) >= 11 is 0. The van der Waals surface area contributed by atoms with Gasteiger partial charge in [0.05, 0.1) is 6.54 Å². The van der Waals surface area contributed by atoms with Crippen molar-refractivity contribution >= 4 is 5.96 Å². The number of likely N-dealkylation sites (tertiary alicyclic amines) is 1. The normalized spacial score (nSPS) is 27.4. The van der Waals surface area contributed by atoms with Gasteiger partial charge in [0.15, 0.2) is 5.96 Å². The molecule has 0 bridgehead atoms. The molecule has 4 heteroatoms. The number of rotatable bonds is 3. The van der Waals surface area contributed by atoms with Crippen molar-refractivity contribution in [3.63, 3.8) is 0 Å². The molecule has 0 unspecified atom stereocenters. The second-order valence-electron chi connectivity index (χ2n) is 6.81. The van der Waals surface area contributed by atoms with E-state index in [9.17, 15) is 0 Å². The van der Waals surface area contributed by atoms with Gasteiger partial charge in [0.2, 0.25) is 0 Å². The molecule has 114 valence electrons. The highest BCUT2D eigenvalue weighted by atomic mass is 15.3. The van der Waals surface area contributed by atoms with Crippen LogP contribution in [0.2, 0.25) is 0 Å². The van der Waals surface area contributed by atoms with E-state index in [1.807, 2.05) is 0 Å². The summed E-state index contributed by atoms with van der Waals surface area (Å²) in [5, 5.41) is 3.67. The highest BCUT2D eigenvalue weighted by Gasteiger charge is 2.38. The molecule has 3 aliphatic rings. The first kappa shape index (κ1) is 14.2. The zero-order valence-electron chi connectivity index (χ0n) is 13.0. The van der Waals surface area contributed by atoms with Crippen LogP contribution in [-0.4, -0.2) is 61.1 Å². The number of guanidine groups is 1. The zero-order valence-corrected chi connectivity index (χ0v) is 13.0. The number of hydrogen-bond acceptors (Lipinski definition) is 4. The molecule has 0 aromatic rings. The standard InChI is InChI=1S/C16H30N4/c1-19-13-10-17-15(19)18-14-16(8-4-2-5-9-16)20-11-6-3-7-12-20/h2-14H2,1H3,(H,17,18). The first-order valence-electron chi connectivity index (χ1n) is 8.55. The van der Waals surface area contributed by atoms with E-state index in [-0.39, 0.29) is 0 Å². The molecule has 1 aliphatic carbocycles. The highest BCUT2D eigenvalue weighted by Crippen LogP contribution is 2.35. The molecule has 20 heavy (non-hydrogen) atoms. The van der Waals surface area contributed by atoms with Crippen LogP contribution < -0.4 is 5.32 Å². The average Bonchev–Trinajstić information content (AvgIpc) is 2.92. The maximum Gasteiger partial charge on any atom is 0.193 e. The molecule has 1 N–H and O–H groups in total. The molecular formula is C16H30N4. The Bertz CT molecular complexity index is 340. The Hall–Kier alpha value is -0.770. The van der Waals surface area contributed by atoms with Crippen LogP contribution in [0, 0.1) is 0 Å². The number of nitrogens with zero attached hydrogens (tertiary/aromatic N) is 3. The van der Waals surface area contributed by atoms with Crippen molar-refractivity contribution in [1.82, 2.24) is 15.1 Å². The van der Waals surface area contributed by atoms with Gasteiger partial charge in [-0.3, -0.25) is 9.89 Å². The minimum absolute atomic E-state index is 0.407. The van der Waals surface area contributed by atoms with E-state index in [0.29, 0.717) is 5.54 Å². The van der Waals surface area contributed by atoms with E-state index >= 15 is 0 Å². The fraction of sp³-hybridized carbons (Fsp3) is 0.938. The van der Waals surface area contributed by atoms with Gasteiger partial charge in [-0.15, -0.1) is 0 Å². The van der Waals surface area contributed by atoms with Crippen LogP contribution in [0.25, 0.3) is 0 Å². The molecule has 2 fully saturated rings. The quantitative estimate of drug-likeness (QED) is 0.857. The third kappa shape index (κ3) is 2.95. The molecule has 0 radical (unpaired) electrons. The predicted molar refractivity (Wildman–Crippen MR) is 84.2 cm³/mol. The zero-order chi connectivity index (χ0) is 13.8. The van der Waals surface area contributed by atoms with Crippen LogP contribution in [0.5, 0.6) is 0 Å². The lowest BCUT2D eigenvalue weighted by molar-refractivity contribution is 0.0365. The summed E-state index contributed by atoms with van der Waals surface area (Å²) in [7, 11) is 2.15. The van der Waals surface area contributed by atoms with Gasteiger partial charge in [0, 0.05) is 25.7 Å². The van der Waals surface area contributed by atoms with Gasteiger partial charge in [-0.25, -0.2) is 0 Å². The van der Waals surface area contributed by atoms with Gasteiger partial charge in [0.1, 0.15) is 0 Å². The van der Waals surface area contributed by atoms with Crippen LogP contribution in [0.15, 0.2) is 4.99 Å². The van der Waals surface area contributed by atoms with E-state index in [0.717, 1.165) is 25.6 Å². The first-order chi connectivity index (χ1) is 9.80. The van der Waals surface area contributed by atoms with Gasteiger partial charge in [-0.2, -0.15) is 0 Å². The van der Waals surface area contributed by atoms with Gasteiger partial charge in [-0.1, -0.05) is 25.7 Å². The SMILES string of the molecule is CN1CCN=C1NCC1(N2CCCCC2)CCCCC1. The summed E-state index contributed by atoms with van der Waals surface area (Å²) in [6.07, 6.45) is 11.2. The Morgan fingerprint density at radius 3 is 2.35 bits per heavy atom. The minimum atomic E-state index is 0.407. The summed E-state index contributed by atoms with van der Waals surface area (Å²) in [5.41, 5.74) is 0.407. The predicted octanol–water partition coefficient (Wildman–Crippen LogP) is 2.07. The molecule has 1 saturated heterocycles. The molecular weight excluding hydrogens is 248 g/mol. The monoisotopic (exact) mass is 278 g/mol. The first-order valence-corrected chi connectivity index (χ1v) is 8.55. The third-order valence-electron chi connectivity index (χ3n) is 5.45. The van der Waals surface area contributed by atoms with Gasteiger partial charge in [0.25, 0.3) is 0 Å². The Balaban J connectivity index is 1.65. The van der Waals surface area contributed by atoms with Gasteiger partial charge in [-0.05, 0) is 38.8 Å². The number of likely N-dealkylation sites (N-methyl/N-ethyl adjacent to an activating group) is 1. The largest absolute Gasteiger partial charge is 0.354 e. The molecule has 3 rings (SSSR count). The molecule has 0 aromatic heterocycles. The Labute approximate surface area is 123 Å². The molecule has 0 spiro atoms. The molecule has 2 heterocycles. The Kier molecular flexibility index (Phi) is 4.49. The maximum atomic E-state index is 4.59. The van der Waals surface area contributed by atoms with Crippen LogP contribution >= 0.6 is 0 Å². The second kappa shape index (κ2) is 6.33. The van der Waals surface area contributed by atoms with Crippen LogP contribution in [0.4, 0.5) is 0 Å². The van der Waals surface area contributed by atoms with Crippen molar-refractivity contribution in [2.24, 2.45) is 4.99 Å². The molecule has 0 amide bonds. The van der Waals surface area contributed by atoms with Crippen LogP contribution in [0.3, 0.4) is 0 Å². The van der Waals surface area contributed by atoms with E-state index < -0.39 is 0 Å². The van der Waals surface area contributed by atoms with Crippen molar-refractivity contribution in [2.45, 2.75) is 56.9 Å². The fourth-order valence-corrected chi connectivity index (χ4v) is 4.15. The van der Waals surface area contributed by atoms with Gasteiger partial charge >= 0.3 is 0 Å². The fourth-order valence-electron chi connectivity index (χ4n) is 4.15. The van der Waals surface area contributed by atoms with Crippen LogP contribution in [0.1, 0.15) is 51.4 Å².